The molecule has 8 heteroatoms. The number of benzene rings is 1. The lowest BCUT2D eigenvalue weighted by Crippen LogP contribution is -2.32. The monoisotopic (exact) mass is 408 g/mol. The maximum absolute atomic E-state index is 12.2. The molecule has 1 aliphatic heterocycles. The summed E-state index contributed by atoms with van der Waals surface area (Å²) in [6, 6.07) is 6.75. The fourth-order valence-electron chi connectivity index (χ4n) is 2.31. The van der Waals surface area contributed by atoms with Crippen LogP contribution in [-0.4, -0.2) is 42.8 Å². The Morgan fingerprint density at radius 2 is 2.32 bits per heavy atom. The molecule has 0 bridgehead atoms. The Balaban J connectivity index is 2.13. The number of aliphatic carboxylic acids is 1. The van der Waals surface area contributed by atoms with Gasteiger partial charge in [0.05, 0.1) is 6.10 Å². The number of carboxylic acid groups (broad SMARTS) is 1. The second kappa shape index (κ2) is 9.20. The summed E-state index contributed by atoms with van der Waals surface area (Å²) < 4.78 is 11.3. The Bertz CT molecular complexity index is 720. The second-order valence-electron chi connectivity index (χ2n) is 5.38. The minimum Gasteiger partial charge on any atom is -0.481 e. The molecular formula is C17H17BrN2O5. The molecule has 7 nitrogen and oxygen atoms in total. The predicted octanol–water partition coefficient (Wildman–Crippen LogP) is 2.11. The van der Waals surface area contributed by atoms with Gasteiger partial charge in [0.15, 0.2) is 6.61 Å². The molecule has 1 aromatic carbocycles. The Kier molecular flexibility index (Phi) is 6.98. The van der Waals surface area contributed by atoms with Gasteiger partial charge in [-0.05, 0) is 37.1 Å². The van der Waals surface area contributed by atoms with Gasteiger partial charge in [0, 0.05) is 23.2 Å². The van der Waals surface area contributed by atoms with E-state index in [1.165, 1.54) is 6.08 Å². The molecule has 0 saturated carbocycles. The van der Waals surface area contributed by atoms with Gasteiger partial charge in [-0.25, -0.2) is 4.79 Å². The third-order valence-corrected chi connectivity index (χ3v) is 4.00. The third-order valence-electron chi connectivity index (χ3n) is 3.50. The van der Waals surface area contributed by atoms with E-state index in [1.807, 2.05) is 6.07 Å². The van der Waals surface area contributed by atoms with E-state index in [1.54, 1.807) is 18.2 Å². The molecule has 2 rings (SSSR count). The third kappa shape index (κ3) is 5.89. The predicted molar refractivity (Wildman–Crippen MR) is 92.8 cm³/mol. The fourth-order valence-corrected chi connectivity index (χ4v) is 2.69. The number of rotatable bonds is 7. The molecule has 2 N–H and O–H groups in total. The first-order chi connectivity index (χ1) is 12.0. The van der Waals surface area contributed by atoms with E-state index in [9.17, 15) is 14.9 Å². The number of hydrogen-bond donors (Lipinski definition) is 2. The first kappa shape index (κ1) is 19.0. The van der Waals surface area contributed by atoms with Crippen LogP contribution < -0.4 is 10.1 Å². The fraction of sp³-hybridized carbons (Fsp3) is 0.353. The summed E-state index contributed by atoms with van der Waals surface area (Å²) in [5.74, 6) is -1.36. The largest absolute Gasteiger partial charge is 0.481 e. The van der Waals surface area contributed by atoms with Crippen molar-refractivity contribution in [3.63, 3.8) is 0 Å². The van der Waals surface area contributed by atoms with Gasteiger partial charge in [-0.3, -0.25) is 4.79 Å². The van der Waals surface area contributed by atoms with Crippen LogP contribution in [0.3, 0.4) is 0 Å². The first-order valence-electron chi connectivity index (χ1n) is 7.65. The zero-order valence-corrected chi connectivity index (χ0v) is 14.9. The Morgan fingerprint density at radius 3 is 2.96 bits per heavy atom. The van der Waals surface area contributed by atoms with Crippen LogP contribution in [0.4, 0.5) is 0 Å². The molecule has 1 heterocycles. The van der Waals surface area contributed by atoms with Crippen LogP contribution in [0.5, 0.6) is 5.75 Å². The lowest BCUT2D eigenvalue weighted by Gasteiger charge is -2.11. The van der Waals surface area contributed by atoms with Crippen LogP contribution in [0.2, 0.25) is 0 Å². The Hall–Kier alpha value is -2.37. The Morgan fingerprint density at radius 1 is 1.52 bits per heavy atom. The van der Waals surface area contributed by atoms with Crippen molar-refractivity contribution >= 4 is 33.9 Å². The van der Waals surface area contributed by atoms with Gasteiger partial charge in [-0.15, -0.1) is 0 Å². The van der Waals surface area contributed by atoms with E-state index in [0.29, 0.717) is 23.2 Å². The van der Waals surface area contributed by atoms with Gasteiger partial charge in [0.2, 0.25) is 0 Å². The summed E-state index contributed by atoms with van der Waals surface area (Å²) in [4.78, 5) is 22.9. The van der Waals surface area contributed by atoms with Crippen molar-refractivity contribution in [1.29, 1.82) is 5.26 Å². The minimum absolute atomic E-state index is 0.0239. The second-order valence-corrected chi connectivity index (χ2v) is 6.30. The highest BCUT2D eigenvalue weighted by molar-refractivity contribution is 9.10. The number of nitrogens with zero attached hydrogens (tertiary/aromatic N) is 1. The molecule has 0 aliphatic carbocycles. The van der Waals surface area contributed by atoms with Crippen LogP contribution in [0, 0.1) is 11.3 Å². The SMILES string of the molecule is N#C/C(=C\c1cc(Br)ccc1OCC(=O)O)C(=O)NC[C@H]1CCCO1. The first-order valence-corrected chi connectivity index (χ1v) is 8.44. The van der Waals surface area contributed by atoms with Crippen molar-refractivity contribution in [2.24, 2.45) is 0 Å². The molecule has 1 amide bonds. The molecule has 1 saturated heterocycles. The molecule has 1 aromatic rings. The van der Waals surface area contributed by atoms with Gasteiger partial charge in [-0.1, -0.05) is 15.9 Å². The van der Waals surface area contributed by atoms with Crippen LogP contribution in [-0.2, 0) is 14.3 Å². The highest BCUT2D eigenvalue weighted by Crippen LogP contribution is 2.25. The van der Waals surface area contributed by atoms with Crippen molar-refractivity contribution in [2.45, 2.75) is 18.9 Å². The maximum atomic E-state index is 12.2. The maximum Gasteiger partial charge on any atom is 0.341 e. The Labute approximate surface area is 153 Å². The van der Waals surface area contributed by atoms with E-state index in [4.69, 9.17) is 14.6 Å². The number of halogens is 1. The topological polar surface area (TPSA) is 109 Å². The van der Waals surface area contributed by atoms with Crippen LogP contribution >= 0.6 is 15.9 Å². The zero-order chi connectivity index (χ0) is 18.2. The van der Waals surface area contributed by atoms with Gasteiger partial charge in [0.1, 0.15) is 17.4 Å². The number of carboxylic acids is 1. The number of amides is 1. The molecule has 132 valence electrons. The molecule has 1 aliphatic rings. The summed E-state index contributed by atoms with van der Waals surface area (Å²) in [5.41, 5.74) is 0.329. The van der Waals surface area contributed by atoms with Gasteiger partial charge in [-0.2, -0.15) is 5.26 Å². The number of nitrogens with one attached hydrogen (secondary N) is 1. The molecule has 0 spiro atoms. The summed E-state index contributed by atoms with van der Waals surface area (Å²) >= 11 is 3.30. The molecule has 1 fully saturated rings. The van der Waals surface area contributed by atoms with Crippen molar-refractivity contribution in [3.8, 4) is 11.8 Å². The van der Waals surface area contributed by atoms with Crippen molar-refractivity contribution in [2.75, 3.05) is 19.8 Å². The normalized spacial score (nSPS) is 17.0. The lowest BCUT2D eigenvalue weighted by atomic mass is 10.1. The van der Waals surface area contributed by atoms with Crippen molar-refractivity contribution in [1.82, 2.24) is 5.32 Å². The summed E-state index contributed by atoms with van der Waals surface area (Å²) in [6.45, 7) is 0.512. The number of carbonyl (C=O) groups is 2. The van der Waals surface area contributed by atoms with E-state index < -0.39 is 18.5 Å². The van der Waals surface area contributed by atoms with E-state index in [0.717, 1.165) is 12.8 Å². The number of hydrogen-bond acceptors (Lipinski definition) is 5. The number of ether oxygens (including phenoxy) is 2. The molecule has 25 heavy (non-hydrogen) atoms. The average molecular weight is 409 g/mol. The van der Waals surface area contributed by atoms with E-state index >= 15 is 0 Å². The van der Waals surface area contributed by atoms with Gasteiger partial charge in [0.25, 0.3) is 5.91 Å². The summed E-state index contributed by atoms with van der Waals surface area (Å²) in [6.07, 6.45) is 3.19. The highest BCUT2D eigenvalue weighted by Gasteiger charge is 2.18. The van der Waals surface area contributed by atoms with Crippen molar-refractivity contribution in [3.05, 3.63) is 33.8 Å². The lowest BCUT2D eigenvalue weighted by molar-refractivity contribution is -0.139. The molecule has 0 unspecified atom stereocenters. The molecule has 0 radical (unpaired) electrons. The van der Waals surface area contributed by atoms with Crippen LogP contribution in [0.1, 0.15) is 18.4 Å². The van der Waals surface area contributed by atoms with E-state index in [-0.39, 0.29) is 17.4 Å². The van der Waals surface area contributed by atoms with Gasteiger partial charge >= 0.3 is 5.97 Å². The zero-order valence-electron chi connectivity index (χ0n) is 13.3. The quantitative estimate of drug-likeness (QED) is 0.528. The number of carbonyl (C=O) groups excluding carboxylic acids is 1. The number of nitriles is 1. The van der Waals surface area contributed by atoms with Crippen LogP contribution in [0.15, 0.2) is 28.2 Å². The standard InChI is InChI=1S/C17H17BrN2O5/c18-13-3-4-15(25-10-16(21)22)11(7-13)6-12(8-19)17(23)20-9-14-2-1-5-24-14/h3-4,6-7,14H,1-2,5,9-10H2,(H,20,23)(H,21,22)/b12-6+/t14-/m1/s1. The minimum atomic E-state index is -1.12. The average Bonchev–Trinajstić information content (AvgIpc) is 3.10. The molecule has 0 aromatic heterocycles. The van der Waals surface area contributed by atoms with Crippen molar-refractivity contribution < 1.29 is 24.2 Å². The smallest absolute Gasteiger partial charge is 0.341 e. The molecular weight excluding hydrogens is 392 g/mol. The van der Waals surface area contributed by atoms with Crippen LogP contribution in [0.25, 0.3) is 6.08 Å². The summed E-state index contributed by atoms with van der Waals surface area (Å²) in [5, 5.41) is 20.7. The highest BCUT2D eigenvalue weighted by atomic mass is 79.9. The summed E-state index contributed by atoms with van der Waals surface area (Å²) in [7, 11) is 0. The van der Waals surface area contributed by atoms with E-state index in [2.05, 4.69) is 21.2 Å². The molecule has 1 atom stereocenters. The van der Waals surface area contributed by atoms with Gasteiger partial charge < -0.3 is 19.9 Å².